The van der Waals surface area contributed by atoms with E-state index in [1.54, 1.807) is 54.9 Å². The minimum Gasteiger partial charge on any atom is -0.434 e. The van der Waals surface area contributed by atoms with Crippen molar-refractivity contribution in [3.05, 3.63) is 71.6 Å². The van der Waals surface area contributed by atoms with Crippen LogP contribution in [0.5, 0.6) is 0 Å². The van der Waals surface area contributed by atoms with Gasteiger partial charge in [-0.05, 0) is 42.5 Å². The summed E-state index contributed by atoms with van der Waals surface area (Å²) in [6.07, 6.45) is 4.75. The fourth-order valence-electron chi connectivity index (χ4n) is 2.35. The number of carbonyl (C=O) groups is 1. The molecule has 1 aromatic carbocycles. The Morgan fingerprint density at radius 3 is 2.76 bits per heavy atom. The van der Waals surface area contributed by atoms with Crippen molar-refractivity contribution in [1.82, 2.24) is 15.0 Å². The molecule has 0 saturated heterocycles. The summed E-state index contributed by atoms with van der Waals surface area (Å²) in [4.78, 5) is 24.6. The summed E-state index contributed by atoms with van der Waals surface area (Å²) < 4.78 is 5.67. The van der Waals surface area contributed by atoms with Gasteiger partial charge in [0, 0.05) is 24.3 Å². The number of nitrogens with zero attached hydrogens (tertiary/aromatic N) is 3. The fraction of sp³-hybridized carbons (Fsp3) is 0. The van der Waals surface area contributed by atoms with E-state index in [2.05, 4.69) is 20.3 Å². The maximum Gasteiger partial charge on any atom is 0.257 e. The number of hydrogen-bond acceptors (Lipinski definition) is 5. The van der Waals surface area contributed by atoms with Crippen molar-refractivity contribution in [3.8, 4) is 11.5 Å². The average molecular weight is 351 g/mol. The van der Waals surface area contributed by atoms with Gasteiger partial charge in [0.25, 0.3) is 5.91 Å². The Morgan fingerprint density at radius 2 is 2.00 bits per heavy atom. The first-order chi connectivity index (χ1) is 12.2. The highest BCUT2D eigenvalue weighted by atomic mass is 35.5. The Morgan fingerprint density at radius 1 is 1.12 bits per heavy atom. The first-order valence-electron chi connectivity index (χ1n) is 7.43. The topological polar surface area (TPSA) is 80.9 Å². The number of nitrogens with one attached hydrogen (secondary N) is 1. The zero-order chi connectivity index (χ0) is 17.2. The molecule has 0 aliphatic heterocycles. The number of halogens is 1. The molecule has 1 N–H and O–H groups in total. The van der Waals surface area contributed by atoms with E-state index in [0.717, 1.165) is 0 Å². The van der Waals surface area contributed by atoms with Crippen molar-refractivity contribution < 1.29 is 9.21 Å². The molecule has 25 heavy (non-hydrogen) atoms. The molecule has 3 heterocycles. The molecule has 0 saturated carbocycles. The monoisotopic (exact) mass is 350 g/mol. The van der Waals surface area contributed by atoms with Gasteiger partial charge in [0.1, 0.15) is 0 Å². The van der Waals surface area contributed by atoms with Gasteiger partial charge in [0.15, 0.2) is 11.2 Å². The van der Waals surface area contributed by atoms with Crippen molar-refractivity contribution in [1.29, 1.82) is 0 Å². The van der Waals surface area contributed by atoms with Gasteiger partial charge in [0.2, 0.25) is 5.89 Å². The summed E-state index contributed by atoms with van der Waals surface area (Å²) in [5, 5.41) is 3.19. The molecule has 0 bridgehead atoms. The van der Waals surface area contributed by atoms with E-state index in [1.165, 1.54) is 6.20 Å². The fourth-order valence-corrected chi connectivity index (χ4v) is 2.61. The lowest BCUT2D eigenvalue weighted by molar-refractivity contribution is 0.102. The number of benzene rings is 1. The third-order valence-corrected chi connectivity index (χ3v) is 3.86. The molecule has 0 aliphatic carbocycles. The first-order valence-corrected chi connectivity index (χ1v) is 7.81. The second-order valence-electron chi connectivity index (χ2n) is 5.23. The number of amides is 1. The predicted molar refractivity (Wildman–Crippen MR) is 94.4 cm³/mol. The van der Waals surface area contributed by atoms with Gasteiger partial charge < -0.3 is 9.73 Å². The standard InChI is InChI=1S/C18H11ClN4O2/c19-14-9-12(22-17(24)11-3-1-7-20-10-11)5-6-13(14)18-23-16-15(25-18)4-2-8-21-16/h1-10H,(H,22,24). The number of rotatable bonds is 3. The average Bonchev–Trinajstić information content (AvgIpc) is 3.06. The number of oxazole rings is 1. The van der Waals surface area contributed by atoms with Crippen molar-refractivity contribution in [2.75, 3.05) is 5.32 Å². The van der Waals surface area contributed by atoms with E-state index in [-0.39, 0.29) is 5.91 Å². The molecule has 4 aromatic rings. The Hall–Kier alpha value is -3.25. The minimum atomic E-state index is -0.261. The molecule has 7 heteroatoms. The SMILES string of the molecule is O=C(Nc1ccc(-c2nc3ncccc3o2)c(Cl)c1)c1cccnc1. The smallest absolute Gasteiger partial charge is 0.257 e. The van der Waals surface area contributed by atoms with Crippen LogP contribution in [0.15, 0.2) is 65.5 Å². The first kappa shape index (κ1) is 15.3. The number of hydrogen-bond donors (Lipinski definition) is 1. The number of fused-ring (bicyclic) bond motifs is 1. The van der Waals surface area contributed by atoms with Crippen LogP contribution in [0.3, 0.4) is 0 Å². The van der Waals surface area contributed by atoms with Crippen LogP contribution in [0.25, 0.3) is 22.7 Å². The van der Waals surface area contributed by atoms with Gasteiger partial charge in [-0.1, -0.05) is 11.6 Å². The third-order valence-electron chi connectivity index (χ3n) is 3.55. The number of carbonyl (C=O) groups excluding carboxylic acids is 1. The molecule has 6 nitrogen and oxygen atoms in total. The highest BCUT2D eigenvalue weighted by Gasteiger charge is 2.13. The van der Waals surface area contributed by atoms with Crippen LogP contribution in [0.4, 0.5) is 5.69 Å². The summed E-state index contributed by atoms with van der Waals surface area (Å²) in [7, 11) is 0. The van der Waals surface area contributed by atoms with Crippen molar-refractivity contribution in [2.45, 2.75) is 0 Å². The molecule has 0 unspecified atom stereocenters. The van der Waals surface area contributed by atoms with Gasteiger partial charge >= 0.3 is 0 Å². The van der Waals surface area contributed by atoms with Gasteiger partial charge in [0.05, 0.1) is 16.1 Å². The molecule has 4 rings (SSSR count). The predicted octanol–water partition coefficient (Wildman–Crippen LogP) is 4.19. The zero-order valence-corrected chi connectivity index (χ0v) is 13.6. The van der Waals surface area contributed by atoms with Crippen molar-refractivity contribution in [3.63, 3.8) is 0 Å². The van der Waals surface area contributed by atoms with E-state index in [1.807, 2.05) is 0 Å². The Bertz CT molecular complexity index is 1030. The number of pyridine rings is 2. The molecule has 0 spiro atoms. The molecule has 0 atom stereocenters. The van der Waals surface area contributed by atoms with Crippen LogP contribution in [-0.2, 0) is 0 Å². The van der Waals surface area contributed by atoms with E-state index in [4.69, 9.17) is 16.0 Å². The van der Waals surface area contributed by atoms with Gasteiger partial charge in [-0.3, -0.25) is 9.78 Å². The molecule has 0 aliphatic rings. The second kappa shape index (κ2) is 6.33. The van der Waals surface area contributed by atoms with E-state index in [0.29, 0.717) is 39.0 Å². The Kier molecular flexibility index (Phi) is 3.87. The minimum absolute atomic E-state index is 0.261. The van der Waals surface area contributed by atoms with Crippen LogP contribution >= 0.6 is 11.6 Å². The quantitative estimate of drug-likeness (QED) is 0.599. The van der Waals surface area contributed by atoms with E-state index >= 15 is 0 Å². The molecule has 122 valence electrons. The summed E-state index contributed by atoms with van der Waals surface area (Å²) in [5.41, 5.74) is 2.76. The van der Waals surface area contributed by atoms with Crippen LogP contribution in [0.2, 0.25) is 5.02 Å². The highest BCUT2D eigenvalue weighted by molar-refractivity contribution is 6.33. The molecule has 0 radical (unpaired) electrons. The normalized spacial score (nSPS) is 10.8. The summed E-state index contributed by atoms with van der Waals surface area (Å²) in [5.74, 6) is 0.117. The second-order valence-corrected chi connectivity index (χ2v) is 5.64. The molecule has 1 amide bonds. The summed E-state index contributed by atoms with van der Waals surface area (Å²) >= 11 is 6.34. The summed E-state index contributed by atoms with van der Waals surface area (Å²) in [6, 6.07) is 12.1. The molecule has 3 aromatic heterocycles. The largest absolute Gasteiger partial charge is 0.434 e. The van der Waals surface area contributed by atoms with Crippen LogP contribution in [0, 0.1) is 0 Å². The van der Waals surface area contributed by atoms with Crippen LogP contribution in [-0.4, -0.2) is 20.9 Å². The molecule has 0 fully saturated rings. The summed E-state index contributed by atoms with van der Waals surface area (Å²) in [6.45, 7) is 0. The van der Waals surface area contributed by atoms with Gasteiger partial charge in [-0.25, -0.2) is 4.98 Å². The highest BCUT2D eigenvalue weighted by Crippen LogP contribution is 2.31. The maximum absolute atomic E-state index is 12.2. The molecular formula is C18H11ClN4O2. The number of aromatic nitrogens is 3. The zero-order valence-electron chi connectivity index (χ0n) is 12.8. The number of anilines is 1. The third kappa shape index (κ3) is 3.07. The lowest BCUT2D eigenvalue weighted by Gasteiger charge is -2.07. The van der Waals surface area contributed by atoms with E-state index in [9.17, 15) is 4.79 Å². The van der Waals surface area contributed by atoms with Crippen molar-refractivity contribution in [2.24, 2.45) is 0 Å². The Balaban J connectivity index is 1.61. The lowest BCUT2D eigenvalue weighted by Crippen LogP contribution is -2.11. The van der Waals surface area contributed by atoms with Crippen molar-refractivity contribution >= 4 is 34.4 Å². The van der Waals surface area contributed by atoms with Gasteiger partial charge in [-0.15, -0.1) is 0 Å². The van der Waals surface area contributed by atoms with Crippen LogP contribution in [0.1, 0.15) is 10.4 Å². The maximum atomic E-state index is 12.2. The Labute approximate surface area is 147 Å². The van der Waals surface area contributed by atoms with Gasteiger partial charge in [-0.2, -0.15) is 4.98 Å². The molecular weight excluding hydrogens is 340 g/mol. The lowest BCUT2D eigenvalue weighted by atomic mass is 10.2. The van der Waals surface area contributed by atoms with E-state index < -0.39 is 0 Å². The van der Waals surface area contributed by atoms with Crippen LogP contribution < -0.4 is 5.32 Å².